The van der Waals surface area contributed by atoms with Crippen molar-refractivity contribution >= 4 is 41.0 Å². The highest BCUT2D eigenvalue weighted by molar-refractivity contribution is 6.36. The summed E-state index contributed by atoms with van der Waals surface area (Å²) in [6.07, 6.45) is 1.35. The van der Waals surface area contributed by atoms with Crippen LogP contribution in [0.4, 0.5) is 18.9 Å². The Morgan fingerprint density at radius 2 is 1.56 bits per heavy atom. The summed E-state index contributed by atoms with van der Waals surface area (Å²) in [5.41, 5.74) is 10.4. The molecule has 0 saturated heterocycles. The Balaban J connectivity index is 1.44. The fraction of sp³-hybridized carbons (Fsp3) is 0.0645. The summed E-state index contributed by atoms with van der Waals surface area (Å²) in [6.45, 7) is 0.562. The molecule has 0 fully saturated rings. The molecule has 3 nitrogen and oxygen atoms in total. The Morgan fingerprint density at radius 1 is 0.821 bits per heavy atom. The van der Waals surface area contributed by atoms with Gasteiger partial charge in [0, 0.05) is 29.0 Å². The summed E-state index contributed by atoms with van der Waals surface area (Å²) < 4.78 is 41.3. The number of imidazole rings is 1. The van der Waals surface area contributed by atoms with Gasteiger partial charge in [-0.05, 0) is 70.8 Å². The zero-order valence-electron chi connectivity index (χ0n) is 20.5. The van der Waals surface area contributed by atoms with Gasteiger partial charge in [0.2, 0.25) is 0 Å². The SMILES string of the molecule is Nc1ccc(Cn2cc(-c3ccc(Cl)cc3Cl)nc2C=Cc2ccc(-c3cccc(C(F)(F)F)c3)cc2)cc1. The molecule has 5 aromatic rings. The summed E-state index contributed by atoms with van der Waals surface area (Å²) in [7, 11) is 0. The van der Waals surface area contributed by atoms with E-state index in [4.69, 9.17) is 33.9 Å². The first-order chi connectivity index (χ1) is 18.7. The van der Waals surface area contributed by atoms with Gasteiger partial charge in [0.15, 0.2) is 0 Å². The van der Waals surface area contributed by atoms with Crippen LogP contribution in [-0.4, -0.2) is 9.55 Å². The third-order valence-corrected chi connectivity index (χ3v) is 6.75. The van der Waals surface area contributed by atoms with Gasteiger partial charge in [0.05, 0.1) is 16.3 Å². The largest absolute Gasteiger partial charge is 0.416 e. The van der Waals surface area contributed by atoms with E-state index in [0.717, 1.165) is 28.8 Å². The average molecular weight is 564 g/mol. The fourth-order valence-corrected chi connectivity index (χ4v) is 4.67. The molecule has 0 aliphatic carbocycles. The molecule has 0 aliphatic rings. The van der Waals surface area contributed by atoms with Crippen molar-refractivity contribution in [1.29, 1.82) is 0 Å². The number of hydrogen-bond donors (Lipinski definition) is 1. The molecule has 0 aliphatic heterocycles. The molecule has 0 unspecified atom stereocenters. The maximum Gasteiger partial charge on any atom is 0.416 e. The highest BCUT2D eigenvalue weighted by atomic mass is 35.5. The van der Waals surface area contributed by atoms with Gasteiger partial charge in [-0.3, -0.25) is 0 Å². The summed E-state index contributed by atoms with van der Waals surface area (Å²) in [4.78, 5) is 4.81. The van der Waals surface area contributed by atoms with E-state index in [9.17, 15) is 13.2 Å². The van der Waals surface area contributed by atoms with Crippen molar-refractivity contribution in [1.82, 2.24) is 9.55 Å². The number of halogens is 5. The van der Waals surface area contributed by atoms with E-state index in [-0.39, 0.29) is 0 Å². The highest BCUT2D eigenvalue weighted by Gasteiger charge is 2.30. The molecule has 8 heteroatoms. The van der Waals surface area contributed by atoms with Gasteiger partial charge < -0.3 is 10.3 Å². The maximum absolute atomic E-state index is 13.1. The van der Waals surface area contributed by atoms with Crippen LogP contribution in [0.1, 0.15) is 22.5 Å². The Kier molecular flexibility index (Phi) is 7.51. The van der Waals surface area contributed by atoms with Crippen molar-refractivity contribution < 1.29 is 13.2 Å². The van der Waals surface area contributed by atoms with Gasteiger partial charge >= 0.3 is 6.18 Å². The van der Waals surface area contributed by atoms with Gasteiger partial charge in [0.25, 0.3) is 0 Å². The van der Waals surface area contributed by atoms with Crippen molar-refractivity contribution in [2.75, 3.05) is 5.73 Å². The fourth-order valence-electron chi connectivity index (χ4n) is 4.17. The lowest BCUT2D eigenvalue weighted by atomic mass is 10.0. The van der Waals surface area contributed by atoms with E-state index in [1.807, 2.05) is 65.4 Å². The van der Waals surface area contributed by atoms with E-state index in [0.29, 0.717) is 44.9 Å². The Bertz CT molecular complexity index is 1640. The van der Waals surface area contributed by atoms with E-state index in [1.54, 1.807) is 30.3 Å². The lowest BCUT2D eigenvalue weighted by Crippen LogP contribution is -2.04. The molecular weight excluding hydrogens is 542 g/mol. The Hall–Kier alpha value is -4.00. The number of rotatable bonds is 6. The van der Waals surface area contributed by atoms with Gasteiger partial charge in [-0.15, -0.1) is 0 Å². The van der Waals surface area contributed by atoms with Crippen molar-refractivity contribution in [3.63, 3.8) is 0 Å². The predicted octanol–water partition coefficient (Wildman–Crippen LogP) is 9.34. The van der Waals surface area contributed by atoms with Crippen LogP contribution in [-0.2, 0) is 12.7 Å². The number of hydrogen-bond acceptors (Lipinski definition) is 2. The van der Waals surface area contributed by atoms with E-state index in [2.05, 4.69) is 0 Å². The standard InChI is InChI=1S/C31H22Cl2F3N3/c32-25-11-14-27(28(33)17-25)29-19-39(18-21-6-12-26(37)13-7-21)30(38-29)15-8-20-4-9-22(10-5-20)23-2-1-3-24(16-23)31(34,35)36/h1-17,19H,18,37H2. The van der Waals surface area contributed by atoms with Gasteiger partial charge in [-0.25, -0.2) is 4.98 Å². The molecule has 0 bridgehead atoms. The van der Waals surface area contributed by atoms with Crippen LogP contribution in [0.5, 0.6) is 0 Å². The molecule has 0 radical (unpaired) electrons. The van der Waals surface area contributed by atoms with E-state index >= 15 is 0 Å². The predicted molar refractivity (Wildman–Crippen MR) is 153 cm³/mol. The Morgan fingerprint density at radius 3 is 2.26 bits per heavy atom. The highest BCUT2D eigenvalue weighted by Crippen LogP contribution is 2.33. The minimum Gasteiger partial charge on any atom is -0.399 e. The molecule has 39 heavy (non-hydrogen) atoms. The number of nitrogens with zero attached hydrogens (tertiary/aromatic N) is 2. The first-order valence-corrected chi connectivity index (χ1v) is 12.7. The second kappa shape index (κ2) is 11.0. The number of nitrogen functional groups attached to an aromatic ring is 1. The molecule has 5 rings (SSSR count). The van der Waals surface area contributed by atoms with Crippen molar-refractivity contribution in [2.24, 2.45) is 0 Å². The van der Waals surface area contributed by atoms with E-state index in [1.165, 1.54) is 6.07 Å². The van der Waals surface area contributed by atoms with Crippen LogP contribution in [0, 0.1) is 0 Å². The number of anilines is 1. The number of benzene rings is 4. The molecule has 0 saturated carbocycles. The summed E-state index contributed by atoms with van der Waals surface area (Å²) in [5.74, 6) is 0.704. The average Bonchev–Trinajstić information content (AvgIpc) is 3.30. The zero-order valence-corrected chi connectivity index (χ0v) is 22.0. The topological polar surface area (TPSA) is 43.8 Å². The third kappa shape index (κ3) is 6.36. The van der Waals surface area contributed by atoms with Crippen molar-refractivity contribution in [3.8, 4) is 22.4 Å². The first kappa shape index (κ1) is 26.6. The lowest BCUT2D eigenvalue weighted by Gasteiger charge is -2.09. The second-order valence-corrected chi connectivity index (χ2v) is 9.86. The molecule has 196 valence electrons. The first-order valence-electron chi connectivity index (χ1n) is 12.0. The maximum atomic E-state index is 13.1. The molecular formula is C31H22Cl2F3N3. The van der Waals surface area contributed by atoms with Crippen LogP contribution in [0.2, 0.25) is 10.0 Å². The lowest BCUT2D eigenvalue weighted by molar-refractivity contribution is -0.137. The molecule has 0 spiro atoms. The van der Waals surface area contributed by atoms with Crippen molar-refractivity contribution in [3.05, 3.63) is 130 Å². The smallest absolute Gasteiger partial charge is 0.399 e. The molecule has 0 atom stereocenters. The van der Waals surface area contributed by atoms with Crippen molar-refractivity contribution in [2.45, 2.75) is 12.7 Å². The van der Waals surface area contributed by atoms with Gasteiger partial charge in [-0.1, -0.05) is 77.8 Å². The van der Waals surface area contributed by atoms with Crippen LogP contribution in [0.3, 0.4) is 0 Å². The number of nitrogens with two attached hydrogens (primary N) is 1. The summed E-state index contributed by atoms with van der Waals surface area (Å²) in [5, 5.41) is 1.04. The minimum atomic E-state index is -4.39. The minimum absolute atomic E-state index is 0.500. The number of aromatic nitrogens is 2. The number of alkyl halides is 3. The summed E-state index contributed by atoms with van der Waals surface area (Å²) in [6, 6.07) is 25.5. The normalized spacial score (nSPS) is 11.8. The molecule has 1 aromatic heterocycles. The molecule has 0 amide bonds. The second-order valence-electron chi connectivity index (χ2n) is 9.01. The zero-order chi connectivity index (χ0) is 27.6. The van der Waals surface area contributed by atoms with Gasteiger partial charge in [-0.2, -0.15) is 13.2 Å². The van der Waals surface area contributed by atoms with Crippen LogP contribution in [0.15, 0.2) is 97.2 Å². The third-order valence-electron chi connectivity index (χ3n) is 6.21. The molecule has 2 N–H and O–H groups in total. The van der Waals surface area contributed by atoms with Crippen LogP contribution >= 0.6 is 23.2 Å². The summed E-state index contributed by atoms with van der Waals surface area (Å²) >= 11 is 12.5. The Labute approximate surface area is 234 Å². The molecule has 4 aromatic carbocycles. The van der Waals surface area contributed by atoms with Crippen LogP contribution in [0.25, 0.3) is 34.5 Å². The van der Waals surface area contributed by atoms with Crippen LogP contribution < -0.4 is 5.73 Å². The van der Waals surface area contributed by atoms with E-state index < -0.39 is 11.7 Å². The quantitative estimate of drug-likeness (QED) is 0.209. The molecule has 1 heterocycles. The monoisotopic (exact) mass is 563 g/mol. The van der Waals surface area contributed by atoms with Gasteiger partial charge in [0.1, 0.15) is 5.82 Å².